The van der Waals surface area contributed by atoms with Crippen LogP contribution in [-0.2, 0) is 24.9 Å². The van der Waals surface area contributed by atoms with Crippen molar-refractivity contribution in [2.45, 2.75) is 53.1 Å². The van der Waals surface area contributed by atoms with Gasteiger partial charge in [0.05, 0.1) is 5.69 Å². The van der Waals surface area contributed by atoms with Gasteiger partial charge >= 0.3 is 0 Å². The lowest BCUT2D eigenvalue weighted by atomic mass is 10.1. The van der Waals surface area contributed by atoms with E-state index < -0.39 is 0 Å². The van der Waals surface area contributed by atoms with Gasteiger partial charge in [0, 0.05) is 58.1 Å². The van der Waals surface area contributed by atoms with Gasteiger partial charge in [0.2, 0.25) is 5.91 Å². The largest absolute Gasteiger partial charge is 0.352 e. The Morgan fingerprint density at radius 3 is 2.58 bits per heavy atom. The summed E-state index contributed by atoms with van der Waals surface area (Å²) < 4.78 is 1.87. The number of hydrogen-bond acceptors (Lipinski definition) is 3. The molecule has 2 rings (SSSR count). The van der Waals surface area contributed by atoms with E-state index in [0.717, 1.165) is 29.4 Å². The first-order valence-electron chi connectivity index (χ1n) is 10.5. The van der Waals surface area contributed by atoms with Gasteiger partial charge in [-0.15, -0.1) is 24.0 Å². The van der Waals surface area contributed by atoms with Crippen molar-refractivity contribution in [3.05, 3.63) is 47.3 Å². The molecule has 1 amide bonds. The zero-order valence-electron chi connectivity index (χ0n) is 19.8. The third-order valence-corrected chi connectivity index (χ3v) is 4.72. The molecule has 0 spiro atoms. The Bertz CT molecular complexity index is 875. The molecule has 0 fully saturated rings. The lowest BCUT2D eigenvalue weighted by Crippen LogP contribution is -2.38. The van der Waals surface area contributed by atoms with Crippen LogP contribution in [0.2, 0.25) is 0 Å². The first-order chi connectivity index (χ1) is 14.2. The molecule has 8 heteroatoms. The van der Waals surface area contributed by atoms with E-state index in [1.807, 2.05) is 56.9 Å². The monoisotopic (exact) mass is 540 g/mol. The zero-order chi connectivity index (χ0) is 22.3. The molecule has 7 nitrogen and oxygen atoms in total. The zero-order valence-corrected chi connectivity index (χ0v) is 22.1. The normalized spacial score (nSPS) is 11.5. The molecule has 1 aromatic carbocycles. The number of aromatic nitrogens is 2. The van der Waals surface area contributed by atoms with Crippen LogP contribution in [0.25, 0.3) is 0 Å². The molecular formula is C23H37IN6O. The highest BCUT2D eigenvalue weighted by Gasteiger charge is 2.15. The topological polar surface area (TPSA) is 74.6 Å². The summed E-state index contributed by atoms with van der Waals surface area (Å²) in [7, 11) is 5.76. The van der Waals surface area contributed by atoms with Gasteiger partial charge in [-0.05, 0) is 29.5 Å². The summed E-state index contributed by atoms with van der Waals surface area (Å²) in [4.78, 5) is 18.5. The highest BCUT2D eigenvalue weighted by molar-refractivity contribution is 14.0. The lowest BCUT2D eigenvalue weighted by Gasteiger charge is -2.22. The number of carbonyl (C=O) groups is 1. The van der Waals surface area contributed by atoms with Gasteiger partial charge in [-0.1, -0.05) is 39.8 Å². The molecule has 0 saturated heterocycles. The van der Waals surface area contributed by atoms with Crippen molar-refractivity contribution in [1.29, 1.82) is 0 Å². The summed E-state index contributed by atoms with van der Waals surface area (Å²) in [6.45, 7) is 9.74. The molecule has 0 bridgehead atoms. The number of hydrogen-bond donors (Lipinski definition) is 2. The molecule has 0 aliphatic heterocycles. The Morgan fingerprint density at radius 2 is 1.97 bits per heavy atom. The maximum absolute atomic E-state index is 12.0. The molecule has 31 heavy (non-hydrogen) atoms. The van der Waals surface area contributed by atoms with Gasteiger partial charge < -0.3 is 15.5 Å². The maximum atomic E-state index is 12.0. The van der Waals surface area contributed by atoms with Crippen molar-refractivity contribution in [3.8, 4) is 0 Å². The average molecular weight is 540 g/mol. The van der Waals surface area contributed by atoms with Gasteiger partial charge in [0.1, 0.15) is 0 Å². The predicted octanol–water partition coefficient (Wildman–Crippen LogP) is 4.35. The molecule has 172 valence electrons. The SMILES string of the molecule is CN=C(NCc1cccc(NC(=O)CC(C)C)c1)N(C)Cc1cn(C)nc1C(C)C.I. The quantitative estimate of drug-likeness (QED) is 0.297. The van der Waals surface area contributed by atoms with E-state index in [1.165, 1.54) is 5.56 Å². The number of amides is 1. The van der Waals surface area contributed by atoms with E-state index in [1.54, 1.807) is 7.05 Å². The fourth-order valence-electron chi connectivity index (χ4n) is 3.40. The van der Waals surface area contributed by atoms with Crippen LogP contribution in [0.5, 0.6) is 0 Å². The minimum Gasteiger partial charge on any atom is -0.352 e. The Labute approximate surface area is 203 Å². The molecular weight excluding hydrogens is 503 g/mol. The second-order valence-corrected chi connectivity index (χ2v) is 8.47. The van der Waals surface area contributed by atoms with E-state index in [9.17, 15) is 4.79 Å². The maximum Gasteiger partial charge on any atom is 0.224 e. The smallest absolute Gasteiger partial charge is 0.224 e. The number of aryl methyl sites for hydroxylation is 1. The van der Waals surface area contributed by atoms with E-state index in [-0.39, 0.29) is 29.9 Å². The molecule has 2 N–H and O–H groups in total. The third kappa shape index (κ3) is 8.51. The van der Waals surface area contributed by atoms with Gasteiger partial charge in [0.25, 0.3) is 0 Å². The molecule has 0 radical (unpaired) electrons. The molecule has 0 aliphatic carbocycles. The van der Waals surface area contributed by atoms with Crippen LogP contribution < -0.4 is 10.6 Å². The molecule has 0 aliphatic rings. The van der Waals surface area contributed by atoms with E-state index >= 15 is 0 Å². The molecule has 0 atom stereocenters. The molecule has 2 aromatic rings. The van der Waals surface area contributed by atoms with E-state index in [0.29, 0.717) is 24.8 Å². The number of rotatable bonds is 8. The predicted molar refractivity (Wildman–Crippen MR) is 139 cm³/mol. The summed E-state index contributed by atoms with van der Waals surface area (Å²) >= 11 is 0. The van der Waals surface area contributed by atoms with E-state index in [2.05, 4.69) is 45.7 Å². The first-order valence-corrected chi connectivity index (χ1v) is 10.5. The average Bonchev–Trinajstić information content (AvgIpc) is 3.02. The minimum absolute atomic E-state index is 0. The number of aliphatic imine (C=N–C) groups is 1. The van der Waals surface area contributed by atoms with Crippen molar-refractivity contribution >= 4 is 41.5 Å². The number of guanidine groups is 1. The van der Waals surface area contributed by atoms with Crippen molar-refractivity contribution in [2.24, 2.45) is 18.0 Å². The van der Waals surface area contributed by atoms with Crippen molar-refractivity contribution in [3.63, 3.8) is 0 Å². The van der Waals surface area contributed by atoms with Crippen LogP contribution in [0.1, 0.15) is 56.9 Å². The number of benzene rings is 1. The van der Waals surface area contributed by atoms with Crippen LogP contribution in [-0.4, -0.2) is 40.6 Å². The van der Waals surface area contributed by atoms with Crippen LogP contribution in [0.4, 0.5) is 5.69 Å². The molecule has 0 unspecified atom stereocenters. The van der Waals surface area contributed by atoms with Crippen molar-refractivity contribution in [1.82, 2.24) is 20.0 Å². The number of halogens is 1. The van der Waals surface area contributed by atoms with Crippen LogP contribution >= 0.6 is 24.0 Å². The van der Waals surface area contributed by atoms with Gasteiger partial charge in [-0.3, -0.25) is 14.5 Å². The Balaban J connectivity index is 0.00000480. The van der Waals surface area contributed by atoms with Crippen molar-refractivity contribution in [2.75, 3.05) is 19.4 Å². The number of nitrogens with one attached hydrogen (secondary N) is 2. The molecule has 1 aromatic heterocycles. The highest BCUT2D eigenvalue weighted by atomic mass is 127. The van der Waals surface area contributed by atoms with Gasteiger partial charge in [-0.25, -0.2) is 0 Å². The Kier molecular flexibility index (Phi) is 11.0. The van der Waals surface area contributed by atoms with Crippen LogP contribution in [0.15, 0.2) is 35.5 Å². The number of nitrogens with zero attached hydrogens (tertiary/aromatic N) is 4. The van der Waals surface area contributed by atoms with Gasteiger partial charge in [0.15, 0.2) is 5.96 Å². The summed E-state index contributed by atoms with van der Waals surface area (Å²) in [5, 5.41) is 11.0. The summed E-state index contributed by atoms with van der Waals surface area (Å²) in [6.07, 6.45) is 2.59. The summed E-state index contributed by atoms with van der Waals surface area (Å²) in [5.41, 5.74) is 4.22. The third-order valence-electron chi connectivity index (χ3n) is 4.72. The molecule has 1 heterocycles. The second kappa shape index (κ2) is 12.7. The van der Waals surface area contributed by atoms with Crippen LogP contribution in [0, 0.1) is 5.92 Å². The summed E-state index contributed by atoms with van der Waals surface area (Å²) in [5.74, 6) is 1.56. The Morgan fingerprint density at radius 1 is 1.26 bits per heavy atom. The molecule has 0 saturated carbocycles. The van der Waals surface area contributed by atoms with Crippen LogP contribution in [0.3, 0.4) is 0 Å². The first kappa shape index (κ1) is 26.9. The Hall–Kier alpha value is -2.10. The minimum atomic E-state index is 0. The summed E-state index contributed by atoms with van der Waals surface area (Å²) in [6, 6.07) is 7.91. The lowest BCUT2D eigenvalue weighted by molar-refractivity contribution is -0.116. The second-order valence-electron chi connectivity index (χ2n) is 8.47. The number of anilines is 1. The fourth-order valence-corrected chi connectivity index (χ4v) is 3.40. The standard InChI is InChI=1S/C23H36N6O.HI/c1-16(2)11-21(30)26-20-10-8-9-18(12-20)13-25-23(24-5)28(6)14-19-15-29(7)27-22(19)17(3)4;/h8-10,12,15-17H,11,13-14H2,1-7H3,(H,24,25)(H,26,30);1H. The van der Waals surface area contributed by atoms with E-state index in [4.69, 9.17) is 0 Å². The van der Waals surface area contributed by atoms with Gasteiger partial charge in [-0.2, -0.15) is 5.10 Å². The van der Waals surface area contributed by atoms with Crippen molar-refractivity contribution < 1.29 is 4.79 Å². The fraction of sp³-hybridized carbons (Fsp3) is 0.522. The number of carbonyl (C=O) groups excluding carboxylic acids is 1. The highest BCUT2D eigenvalue weighted by Crippen LogP contribution is 2.18.